The molecule has 0 spiro atoms. The quantitative estimate of drug-likeness (QED) is 0.794. The summed E-state index contributed by atoms with van der Waals surface area (Å²) < 4.78 is 4.75. The summed E-state index contributed by atoms with van der Waals surface area (Å²) >= 11 is 0. The van der Waals surface area contributed by atoms with E-state index in [1.54, 1.807) is 0 Å². The Morgan fingerprint density at radius 2 is 2.00 bits per heavy atom. The topological polar surface area (TPSA) is 63.8 Å². The molecule has 5 nitrogen and oxygen atoms in total. The summed E-state index contributed by atoms with van der Waals surface area (Å²) in [5.41, 5.74) is 0. The van der Waals surface area contributed by atoms with E-state index in [9.17, 15) is 0 Å². The van der Waals surface area contributed by atoms with Crippen LogP contribution in [0.2, 0.25) is 0 Å². The molecule has 2 rings (SSSR count). The number of aromatic nitrogens is 3. The molecule has 74 valence electrons. The minimum absolute atomic E-state index is 0. The Kier molecular flexibility index (Phi) is 3.95. The standard InChI is InChI=1S/C7H12N4O.ClH/c1-2-4-6(5-3-1)8-7-9-10-11-12-7;/h6H,1-5H2,(H,8,9,11);1H. The summed E-state index contributed by atoms with van der Waals surface area (Å²) in [6.45, 7) is 0. The molecular weight excluding hydrogens is 192 g/mol. The first-order chi connectivity index (χ1) is 5.95. The van der Waals surface area contributed by atoms with Crippen LogP contribution in [0.25, 0.3) is 0 Å². The van der Waals surface area contributed by atoms with Crippen LogP contribution < -0.4 is 5.32 Å². The van der Waals surface area contributed by atoms with Gasteiger partial charge in [-0.2, -0.15) is 0 Å². The lowest BCUT2D eigenvalue weighted by Gasteiger charge is -2.20. The number of halogens is 1. The third-order valence-electron chi connectivity index (χ3n) is 2.23. The highest BCUT2D eigenvalue weighted by Crippen LogP contribution is 2.19. The van der Waals surface area contributed by atoms with E-state index in [1.807, 2.05) is 0 Å². The van der Waals surface area contributed by atoms with Gasteiger partial charge in [0.2, 0.25) is 0 Å². The van der Waals surface area contributed by atoms with Crippen LogP contribution in [0.15, 0.2) is 4.52 Å². The van der Waals surface area contributed by atoms with Crippen LogP contribution in [0, 0.1) is 0 Å². The van der Waals surface area contributed by atoms with Gasteiger partial charge >= 0.3 is 6.01 Å². The maximum absolute atomic E-state index is 4.75. The highest BCUT2D eigenvalue weighted by atomic mass is 35.5. The van der Waals surface area contributed by atoms with E-state index in [4.69, 9.17) is 4.52 Å². The molecular formula is C7H13ClN4O. The molecule has 0 atom stereocenters. The highest BCUT2D eigenvalue weighted by molar-refractivity contribution is 5.85. The Bertz CT molecular complexity index is 222. The molecule has 0 amide bonds. The predicted molar refractivity (Wildman–Crippen MR) is 49.8 cm³/mol. The molecule has 1 aromatic heterocycles. The number of nitrogens with one attached hydrogen (secondary N) is 1. The Morgan fingerprint density at radius 3 is 2.62 bits per heavy atom. The van der Waals surface area contributed by atoms with Gasteiger partial charge in [0, 0.05) is 6.04 Å². The van der Waals surface area contributed by atoms with E-state index < -0.39 is 0 Å². The van der Waals surface area contributed by atoms with Crippen molar-refractivity contribution in [1.29, 1.82) is 0 Å². The fourth-order valence-electron chi connectivity index (χ4n) is 1.61. The van der Waals surface area contributed by atoms with Gasteiger partial charge in [-0.25, -0.2) is 0 Å². The Hall–Kier alpha value is -0.840. The molecule has 0 bridgehead atoms. The Labute approximate surface area is 82.7 Å². The zero-order valence-electron chi connectivity index (χ0n) is 7.27. The van der Waals surface area contributed by atoms with Crippen LogP contribution in [0.1, 0.15) is 32.1 Å². The van der Waals surface area contributed by atoms with Gasteiger partial charge in [0.1, 0.15) is 0 Å². The van der Waals surface area contributed by atoms with Crippen molar-refractivity contribution >= 4 is 18.4 Å². The lowest BCUT2D eigenvalue weighted by atomic mass is 9.96. The minimum Gasteiger partial charge on any atom is -0.334 e. The van der Waals surface area contributed by atoms with Crippen molar-refractivity contribution in [3.05, 3.63) is 0 Å². The molecule has 0 unspecified atom stereocenters. The van der Waals surface area contributed by atoms with Gasteiger partial charge < -0.3 is 5.32 Å². The van der Waals surface area contributed by atoms with E-state index in [0.717, 1.165) is 0 Å². The fraction of sp³-hybridized carbons (Fsp3) is 0.857. The molecule has 0 saturated heterocycles. The van der Waals surface area contributed by atoms with Gasteiger partial charge in [-0.3, -0.25) is 4.52 Å². The molecule has 1 fully saturated rings. The van der Waals surface area contributed by atoms with Crippen LogP contribution in [0.5, 0.6) is 0 Å². The molecule has 1 aromatic rings. The monoisotopic (exact) mass is 204 g/mol. The Balaban J connectivity index is 0.000000845. The number of rotatable bonds is 2. The smallest absolute Gasteiger partial charge is 0.334 e. The molecule has 1 aliphatic rings. The molecule has 0 aromatic carbocycles. The second kappa shape index (κ2) is 5.01. The normalized spacial score (nSPS) is 17.8. The lowest BCUT2D eigenvalue weighted by Crippen LogP contribution is -2.22. The van der Waals surface area contributed by atoms with E-state index in [0.29, 0.717) is 12.1 Å². The molecule has 0 aliphatic heterocycles. The molecule has 1 N–H and O–H groups in total. The molecule has 0 radical (unpaired) electrons. The van der Waals surface area contributed by atoms with Crippen molar-refractivity contribution in [2.45, 2.75) is 38.1 Å². The molecule has 1 aliphatic carbocycles. The summed E-state index contributed by atoms with van der Waals surface area (Å²) in [5.74, 6) is 0. The SMILES string of the molecule is C1CCC(Nc2nnno2)CC1.Cl. The van der Waals surface area contributed by atoms with Crippen molar-refractivity contribution < 1.29 is 4.52 Å². The largest absolute Gasteiger partial charge is 0.342 e. The number of nitrogens with zero attached hydrogens (tertiary/aromatic N) is 3. The molecule has 6 heteroatoms. The summed E-state index contributed by atoms with van der Waals surface area (Å²) in [6.07, 6.45) is 6.32. The maximum Gasteiger partial charge on any atom is 0.342 e. The van der Waals surface area contributed by atoms with Gasteiger partial charge in [-0.15, -0.1) is 12.4 Å². The van der Waals surface area contributed by atoms with Crippen LogP contribution in [0.3, 0.4) is 0 Å². The minimum atomic E-state index is 0. The van der Waals surface area contributed by atoms with Gasteiger partial charge in [0.05, 0.1) is 5.27 Å². The van der Waals surface area contributed by atoms with Gasteiger partial charge in [0.25, 0.3) is 0 Å². The summed E-state index contributed by atoms with van der Waals surface area (Å²) in [7, 11) is 0. The van der Waals surface area contributed by atoms with E-state index in [2.05, 4.69) is 20.9 Å². The third-order valence-corrected chi connectivity index (χ3v) is 2.23. The zero-order chi connectivity index (χ0) is 8.23. The van der Waals surface area contributed by atoms with Gasteiger partial charge in [-0.1, -0.05) is 24.4 Å². The zero-order valence-corrected chi connectivity index (χ0v) is 8.09. The number of hydrogen-bond donors (Lipinski definition) is 1. The summed E-state index contributed by atoms with van der Waals surface area (Å²) in [4.78, 5) is 0. The lowest BCUT2D eigenvalue weighted by molar-refractivity contribution is 0.389. The molecule has 13 heavy (non-hydrogen) atoms. The van der Waals surface area contributed by atoms with Crippen LogP contribution in [-0.2, 0) is 0 Å². The van der Waals surface area contributed by atoms with Crippen molar-refractivity contribution in [1.82, 2.24) is 15.6 Å². The van der Waals surface area contributed by atoms with Crippen molar-refractivity contribution in [3.63, 3.8) is 0 Å². The van der Waals surface area contributed by atoms with E-state index in [-0.39, 0.29) is 12.4 Å². The first-order valence-electron chi connectivity index (χ1n) is 4.37. The highest BCUT2D eigenvalue weighted by Gasteiger charge is 2.14. The van der Waals surface area contributed by atoms with Crippen LogP contribution >= 0.6 is 12.4 Å². The van der Waals surface area contributed by atoms with Gasteiger partial charge in [0.15, 0.2) is 0 Å². The summed E-state index contributed by atoms with van der Waals surface area (Å²) in [6, 6.07) is 0.947. The second-order valence-corrected chi connectivity index (χ2v) is 3.15. The first kappa shape index (κ1) is 10.2. The number of hydrogen-bond acceptors (Lipinski definition) is 5. The maximum atomic E-state index is 4.75. The van der Waals surface area contributed by atoms with E-state index in [1.165, 1.54) is 32.1 Å². The van der Waals surface area contributed by atoms with Crippen molar-refractivity contribution in [2.75, 3.05) is 5.32 Å². The predicted octanol–water partition coefficient (Wildman–Crippen LogP) is 1.63. The number of anilines is 1. The average Bonchev–Trinajstić information content (AvgIpc) is 2.59. The second-order valence-electron chi connectivity index (χ2n) is 3.15. The van der Waals surface area contributed by atoms with Crippen molar-refractivity contribution in [2.24, 2.45) is 0 Å². The molecule has 1 heterocycles. The fourth-order valence-corrected chi connectivity index (χ4v) is 1.61. The summed E-state index contributed by atoms with van der Waals surface area (Å²) in [5, 5.41) is 13.5. The molecule has 1 saturated carbocycles. The first-order valence-corrected chi connectivity index (χ1v) is 4.37. The van der Waals surface area contributed by atoms with Crippen LogP contribution in [0.4, 0.5) is 6.01 Å². The van der Waals surface area contributed by atoms with Gasteiger partial charge in [-0.05, 0) is 18.1 Å². The van der Waals surface area contributed by atoms with E-state index >= 15 is 0 Å². The Morgan fingerprint density at radius 1 is 1.23 bits per heavy atom. The van der Waals surface area contributed by atoms with Crippen LogP contribution in [-0.4, -0.2) is 21.6 Å². The average molecular weight is 205 g/mol. The third kappa shape index (κ3) is 2.84. The van der Waals surface area contributed by atoms with Crippen molar-refractivity contribution in [3.8, 4) is 0 Å².